The molecule has 1 unspecified atom stereocenters. The van der Waals surface area contributed by atoms with Crippen LogP contribution in [0.5, 0.6) is 11.5 Å². The number of ether oxygens (including phenoxy) is 2. The first-order chi connectivity index (χ1) is 8.71. The maximum absolute atomic E-state index is 8.68. The molecule has 0 bridgehead atoms. The molecular formula is C14H20N2O2. The summed E-state index contributed by atoms with van der Waals surface area (Å²) in [6, 6.07) is 7.89. The molecule has 0 radical (unpaired) electrons. The van der Waals surface area contributed by atoms with Crippen molar-refractivity contribution in [1.29, 1.82) is 5.26 Å². The lowest BCUT2D eigenvalue weighted by Crippen LogP contribution is -2.15. The minimum atomic E-state index is 0.0751. The summed E-state index contributed by atoms with van der Waals surface area (Å²) >= 11 is 0. The molecule has 4 nitrogen and oxygen atoms in total. The van der Waals surface area contributed by atoms with Gasteiger partial charge in [-0.05, 0) is 32.9 Å². The number of anilines is 1. The molecular weight excluding hydrogens is 228 g/mol. The zero-order valence-corrected chi connectivity index (χ0v) is 11.2. The molecule has 1 rings (SSSR count). The van der Waals surface area contributed by atoms with E-state index < -0.39 is 0 Å². The summed E-state index contributed by atoms with van der Waals surface area (Å²) in [6.45, 7) is 7.09. The SMILES string of the molecule is CCOc1ccc(OCC)c(NC(C)CC#N)c1. The van der Waals surface area contributed by atoms with E-state index in [-0.39, 0.29) is 6.04 Å². The fourth-order valence-electron chi connectivity index (χ4n) is 1.61. The van der Waals surface area contributed by atoms with E-state index in [2.05, 4.69) is 11.4 Å². The van der Waals surface area contributed by atoms with Crippen molar-refractivity contribution in [2.45, 2.75) is 33.2 Å². The normalized spacial score (nSPS) is 11.4. The van der Waals surface area contributed by atoms with Crippen molar-refractivity contribution in [3.05, 3.63) is 18.2 Å². The molecule has 18 heavy (non-hydrogen) atoms. The van der Waals surface area contributed by atoms with E-state index >= 15 is 0 Å². The highest BCUT2D eigenvalue weighted by molar-refractivity contribution is 5.60. The average molecular weight is 248 g/mol. The van der Waals surface area contributed by atoms with E-state index in [1.54, 1.807) is 0 Å². The standard InChI is InChI=1S/C14H20N2O2/c1-4-17-12-6-7-14(18-5-2)13(10-12)16-11(3)8-9-15/h6-7,10-11,16H,4-5,8H2,1-3H3. The molecule has 0 heterocycles. The van der Waals surface area contributed by atoms with Crippen LogP contribution in [0, 0.1) is 11.3 Å². The maximum atomic E-state index is 8.68. The molecule has 0 aliphatic heterocycles. The van der Waals surface area contributed by atoms with Gasteiger partial charge in [0.1, 0.15) is 11.5 Å². The Hall–Kier alpha value is -1.89. The average Bonchev–Trinajstić information content (AvgIpc) is 2.33. The Labute approximate surface area is 109 Å². The lowest BCUT2D eigenvalue weighted by molar-refractivity contribution is 0.331. The minimum absolute atomic E-state index is 0.0751. The summed E-state index contributed by atoms with van der Waals surface area (Å²) in [4.78, 5) is 0. The number of nitriles is 1. The molecule has 1 aromatic carbocycles. The quantitative estimate of drug-likeness (QED) is 0.805. The van der Waals surface area contributed by atoms with Crippen molar-refractivity contribution < 1.29 is 9.47 Å². The lowest BCUT2D eigenvalue weighted by atomic mass is 10.2. The van der Waals surface area contributed by atoms with Gasteiger partial charge in [-0.3, -0.25) is 0 Å². The van der Waals surface area contributed by atoms with E-state index in [0.29, 0.717) is 19.6 Å². The summed E-state index contributed by atoms with van der Waals surface area (Å²) in [7, 11) is 0. The van der Waals surface area contributed by atoms with Crippen LogP contribution in [0.25, 0.3) is 0 Å². The molecule has 0 saturated carbocycles. The third-order valence-electron chi connectivity index (χ3n) is 2.36. The Morgan fingerprint density at radius 3 is 2.61 bits per heavy atom. The molecule has 98 valence electrons. The number of hydrogen-bond acceptors (Lipinski definition) is 4. The number of nitrogens with one attached hydrogen (secondary N) is 1. The van der Waals surface area contributed by atoms with Crippen molar-refractivity contribution in [2.24, 2.45) is 0 Å². The van der Waals surface area contributed by atoms with Crippen LogP contribution in [0.15, 0.2) is 18.2 Å². The number of rotatable bonds is 7. The Balaban J connectivity index is 2.88. The first kappa shape index (κ1) is 14.2. The van der Waals surface area contributed by atoms with E-state index in [4.69, 9.17) is 14.7 Å². The van der Waals surface area contributed by atoms with Gasteiger partial charge in [0.2, 0.25) is 0 Å². The van der Waals surface area contributed by atoms with E-state index in [0.717, 1.165) is 17.2 Å². The van der Waals surface area contributed by atoms with Gasteiger partial charge in [0, 0.05) is 12.1 Å². The van der Waals surface area contributed by atoms with Crippen LogP contribution in [0.4, 0.5) is 5.69 Å². The zero-order chi connectivity index (χ0) is 13.4. The smallest absolute Gasteiger partial charge is 0.142 e. The van der Waals surface area contributed by atoms with Crippen LogP contribution >= 0.6 is 0 Å². The summed E-state index contributed by atoms with van der Waals surface area (Å²) in [6.07, 6.45) is 0.449. The van der Waals surface area contributed by atoms with Gasteiger partial charge in [-0.25, -0.2) is 0 Å². The van der Waals surface area contributed by atoms with Crippen molar-refractivity contribution in [3.63, 3.8) is 0 Å². The third kappa shape index (κ3) is 4.17. The number of nitrogens with zero attached hydrogens (tertiary/aromatic N) is 1. The lowest BCUT2D eigenvalue weighted by Gasteiger charge is -2.17. The van der Waals surface area contributed by atoms with E-state index in [1.807, 2.05) is 39.0 Å². The van der Waals surface area contributed by atoms with Crippen molar-refractivity contribution in [1.82, 2.24) is 0 Å². The zero-order valence-electron chi connectivity index (χ0n) is 11.2. The first-order valence-corrected chi connectivity index (χ1v) is 6.24. The second-order valence-electron chi connectivity index (χ2n) is 3.93. The Morgan fingerprint density at radius 1 is 1.28 bits per heavy atom. The predicted octanol–water partition coefficient (Wildman–Crippen LogP) is 3.20. The molecule has 0 spiro atoms. The first-order valence-electron chi connectivity index (χ1n) is 6.24. The molecule has 0 aromatic heterocycles. The van der Waals surface area contributed by atoms with Gasteiger partial charge in [0.25, 0.3) is 0 Å². The summed E-state index contributed by atoms with van der Waals surface area (Å²) in [5, 5.41) is 11.9. The summed E-state index contributed by atoms with van der Waals surface area (Å²) < 4.78 is 11.0. The highest BCUT2D eigenvalue weighted by Gasteiger charge is 2.08. The monoisotopic (exact) mass is 248 g/mol. The Bertz CT molecular complexity index is 413. The maximum Gasteiger partial charge on any atom is 0.142 e. The van der Waals surface area contributed by atoms with Crippen LogP contribution < -0.4 is 14.8 Å². The third-order valence-corrected chi connectivity index (χ3v) is 2.36. The number of hydrogen-bond donors (Lipinski definition) is 1. The van der Waals surface area contributed by atoms with Gasteiger partial charge in [-0.1, -0.05) is 0 Å². The van der Waals surface area contributed by atoms with Gasteiger partial charge >= 0.3 is 0 Å². The summed E-state index contributed by atoms with van der Waals surface area (Å²) in [5.74, 6) is 1.58. The minimum Gasteiger partial charge on any atom is -0.494 e. The van der Waals surface area contributed by atoms with E-state index in [9.17, 15) is 0 Å². The molecule has 0 aliphatic rings. The topological polar surface area (TPSA) is 54.3 Å². The fraction of sp³-hybridized carbons (Fsp3) is 0.500. The molecule has 1 aromatic rings. The van der Waals surface area contributed by atoms with Gasteiger partial charge in [-0.2, -0.15) is 5.26 Å². The second-order valence-corrected chi connectivity index (χ2v) is 3.93. The van der Waals surface area contributed by atoms with E-state index in [1.165, 1.54) is 0 Å². The van der Waals surface area contributed by atoms with Crippen molar-refractivity contribution >= 4 is 5.69 Å². The molecule has 0 aliphatic carbocycles. The fourth-order valence-corrected chi connectivity index (χ4v) is 1.61. The Kier molecular flexibility index (Phi) is 5.86. The number of benzene rings is 1. The molecule has 1 atom stereocenters. The largest absolute Gasteiger partial charge is 0.494 e. The summed E-state index contributed by atoms with van der Waals surface area (Å²) in [5.41, 5.74) is 0.866. The van der Waals surface area contributed by atoms with Crippen LogP contribution in [0.2, 0.25) is 0 Å². The van der Waals surface area contributed by atoms with Gasteiger partial charge in [-0.15, -0.1) is 0 Å². The molecule has 0 saturated heterocycles. The van der Waals surface area contributed by atoms with Crippen LogP contribution in [-0.2, 0) is 0 Å². The predicted molar refractivity (Wildman–Crippen MR) is 72.1 cm³/mol. The highest BCUT2D eigenvalue weighted by atomic mass is 16.5. The van der Waals surface area contributed by atoms with Gasteiger partial charge in [0.05, 0.1) is 31.4 Å². The second kappa shape index (κ2) is 7.44. The van der Waals surface area contributed by atoms with Crippen LogP contribution in [0.3, 0.4) is 0 Å². The van der Waals surface area contributed by atoms with Crippen LogP contribution in [-0.4, -0.2) is 19.3 Å². The van der Waals surface area contributed by atoms with Crippen molar-refractivity contribution in [2.75, 3.05) is 18.5 Å². The highest BCUT2D eigenvalue weighted by Crippen LogP contribution is 2.30. The van der Waals surface area contributed by atoms with Gasteiger partial charge in [0.15, 0.2) is 0 Å². The Morgan fingerprint density at radius 2 is 2.00 bits per heavy atom. The molecule has 1 N–H and O–H groups in total. The van der Waals surface area contributed by atoms with Gasteiger partial charge < -0.3 is 14.8 Å². The van der Waals surface area contributed by atoms with Crippen LogP contribution in [0.1, 0.15) is 27.2 Å². The molecule has 0 amide bonds. The molecule has 4 heteroatoms. The molecule has 0 fully saturated rings. The van der Waals surface area contributed by atoms with Crippen molar-refractivity contribution in [3.8, 4) is 17.6 Å².